The molecule has 9 aromatic rings. The van der Waals surface area contributed by atoms with E-state index in [9.17, 15) is 0 Å². The number of fused-ring (bicyclic) bond motifs is 9. The van der Waals surface area contributed by atoms with E-state index in [1.165, 1.54) is 51.8 Å². The third kappa shape index (κ3) is 3.89. The molecular formula is C41H26N2OS2. The molecule has 5 heteroatoms. The molecule has 0 unspecified atom stereocenters. The lowest BCUT2D eigenvalue weighted by atomic mass is 10.0. The van der Waals surface area contributed by atoms with Crippen LogP contribution in [0, 0.1) is 0 Å². The van der Waals surface area contributed by atoms with Gasteiger partial charge in [0, 0.05) is 52.8 Å². The second-order valence-electron chi connectivity index (χ2n) is 11.7. The summed E-state index contributed by atoms with van der Waals surface area (Å²) in [6.45, 7) is 0.899. The Morgan fingerprint density at radius 3 is 2.22 bits per heavy atom. The molecule has 46 heavy (non-hydrogen) atoms. The molecule has 0 radical (unpaired) electrons. The first kappa shape index (κ1) is 25.9. The zero-order valence-corrected chi connectivity index (χ0v) is 26.3. The normalized spacial score (nSPS) is 12.8. The number of anilines is 3. The van der Waals surface area contributed by atoms with E-state index in [0.29, 0.717) is 0 Å². The maximum absolute atomic E-state index is 6.37. The smallest absolute Gasteiger partial charge is 0.137 e. The maximum Gasteiger partial charge on any atom is 0.137 e. The second-order valence-corrected chi connectivity index (χ2v) is 14.0. The predicted octanol–water partition coefficient (Wildman–Crippen LogP) is 12.4. The van der Waals surface area contributed by atoms with Crippen molar-refractivity contribution in [2.45, 2.75) is 6.54 Å². The van der Waals surface area contributed by atoms with Gasteiger partial charge < -0.3 is 14.6 Å². The second kappa shape index (κ2) is 10.1. The molecule has 0 bridgehead atoms. The van der Waals surface area contributed by atoms with E-state index >= 15 is 0 Å². The summed E-state index contributed by atoms with van der Waals surface area (Å²) in [7, 11) is 0. The molecule has 3 nitrogen and oxygen atoms in total. The summed E-state index contributed by atoms with van der Waals surface area (Å²) in [5.74, 6) is 0. The summed E-state index contributed by atoms with van der Waals surface area (Å²) in [5.41, 5.74) is 8.95. The molecule has 0 atom stereocenters. The molecule has 3 aromatic heterocycles. The van der Waals surface area contributed by atoms with E-state index in [-0.39, 0.29) is 0 Å². The molecule has 4 heterocycles. The number of para-hydroxylation sites is 1. The topological polar surface area (TPSA) is 28.4 Å². The van der Waals surface area contributed by atoms with Gasteiger partial charge in [0.15, 0.2) is 0 Å². The first-order chi connectivity index (χ1) is 22.8. The molecule has 10 rings (SSSR count). The number of nitrogens with one attached hydrogen (secondary N) is 1. The van der Waals surface area contributed by atoms with Crippen LogP contribution in [0.15, 0.2) is 138 Å². The van der Waals surface area contributed by atoms with Crippen LogP contribution < -0.4 is 10.2 Å². The molecule has 218 valence electrons. The number of hydrogen-bond donors (Lipinski definition) is 1. The van der Waals surface area contributed by atoms with Gasteiger partial charge in [-0.25, -0.2) is 0 Å². The van der Waals surface area contributed by atoms with Gasteiger partial charge in [-0.15, -0.1) is 22.7 Å². The Kier molecular flexibility index (Phi) is 5.68. The maximum atomic E-state index is 6.37. The number of hydrogen-bond acceptors (Lipinski definition) is 5. The number of nitrogens with zero attached hydrogens (tertiary/aromatic N) is 1. The highest BCUT2D eigenvalue weighted by Crippen LogP contribution is 2.48. The fourth-order valence-electron chi connectivity index (χ4n) is 7.05. The summed E-state index contributed by atoms with van der Waals surface area (Å²) in [5, 5.41) is 9.47. The number of furan rings is 1. The summed E-state index contributed by atoms with van der Waals surface area (Å²) in [6, 6.07) is 46.1. The van der Waals surface area contributed by atoms with Crippen LogP contribution in [0.2, 0.25) is 0 Å². The van der Waals surface area contributed by atoms with Crippen LogP contribution in [0.5, 0.6) is 0 Å². The zero-order chi connectivity index (χ0) is 30.2. The minimum Gasteiger partial charge on any atom is -0.456 e. The lowest BCUT2D eigenvalue weighted by Crippen LogP contribution is -2.10. The van der Waals surface area contributed by atoms with Gasteiger partial charge in [-0.1, -0.05) is 72.8 Å². The SMILES string of the molecule is C1=Cc2c(sc3cc(-c4ccc(N(c5cccc6oc7ccccc7c56)c5cccc6sc7ccccc7c56)cc4)ccc23)CN1. The van der Waals surface area contributed by atoms with Crippen molar-refractivity contribution in [3.8, 4) is 11.1 Å². The van der Waals surface area contributed by atoms with E-state index in [0.717, 1.165) is 45.5 Å². The fourth-order valence-corrected chi connectivity index (χ4v) is 9.36. The van der Waals surface area contributed by atoms with Gasteiger partial charge in [0.2, 0.25) is 0 Å². The van der Waals surface area contributed by atoms with Gasteiger partial charge >= 0.3 is 0 Å². The number of benzene rings is 6. The molecule has 0 saturated heterocycles. The standard InChI is InChI=1S/C41H26N2OS2/c1-3-11-34-30(7-1)40-32(9-5-12-35(40)44-34)43(33-10-6-14-37-41(33)31-8-2-4-13-36(31)45-37)27-18-15-25(16-19-27)26-17-20-28-29-21-22-42-24-39(29)46-38(28)23-26/h1-23,42H,24H2. The molecule has 0 fully saturated rings. The van der Waals surface area contributed by atoms with Crippen molar-refractivity contribution in [2.24, 2.45) is 0 Å². The Morgan fingerprint density at radius 1 is 0.565 bits per heavy atom. The molecule has 1 aliphatic rings. The van der Waals surface area contributed by atoms with Crippen molar-refractivity contribution >= 4 is 98.0 Å². The highest BCUT2D eigenvalue weighted by Gasteiger charge is 2.22. The summed E-state index contributed by atoms with van der Waals surface area (Å²) >= 11 is 3.74. The van der Waals surface area contributed by atoms with Crippen LogP contribution in [0.4, 0.5) is 17.1 Å². The van der Waals surface area contributed by atoms with E-state index in [4.69, 9.17) is 4.42 Å². The van der Waals surface area contributed by atoms with E-state index in [2.05, 4.69) is 144 Å². The van der Waals surface area contributed by atoms with Crippen LogP contribution >= 0.6 is 22.7 Å². The summed E-state index contributed by atoms with van der Waals surface area (Å²) in [4.78, 5) is 3.82. The third-order valence-corrected chi connectivity index (χ3v) is 11.4. The average molecular weight is 627 g/mol. The van der Waals surface area contributed by atoms with Crippen LogP contribution in [0.3, 0.4) is 0 Å². The Balaban J connectivity index is 1.18. The Hall–Kier alpha value is -5.36. The Bertz CT molecular complexity index is 2540. The van der Waals surface area contributed by atoms with Crippen molar-refractivity contribution in [1.29, 1.82) is 0 Å². The first-order valence-corrected chi connectivity index (χ1v) is 17.1. The fraction of sp³-hybridized carbons (Fsp3) is 0.0244. The molecule has 1 aliphatic heterocycles. The van der Waals surface area contributed by atoms with Gasteiger partial charge in [0.1, 0.15) is 11.2 Å². The Labute approximate surface area is 273 Å². The van der Waals surface area contributed by atoms with Gasteiger partial charge in [0.25, 0.3) is 0 Å². The quantitative estimate of drug-likeness (QED) is 0.211. The minimum atomic E-state index is 0.889. The lowest BCUT2D eigenvalue weighted by molar-refractivity contribution is 0.669. The molecule has 0 spiro atoms. The molecule has 0 aliphatic carbocycles. The highest BCUT2D eigenvalue weighted by molar-refractivity contribution is 7.26. The molecule has 0 amide bonds. The zero-order valence-electron chi connectivity index (χ0n) is 24.7. The minimum absolute atomic E-state index is 0.889. The van der Waals surface area contributed by atoms with E-state index in [1.807, 2.05) is 28.7 Å². The Morgan fingerprint density at radius 2 is 1.30 bits per heavy atom. The van der Waals surface area contributed by atoms with Crippen molar-refractivity contribution < 1.29 is 4.42 Å². The van der Waals surface area contributed by atoms with Crippen molar-refractivity contribution in [3.05, 3.63) is 144 Å². The van der Waals surface area contributed by atoms with Gasteiger partial charge in [-0.3, -0.25) is 0 Å². The first-order valence-electron chi connectivity index (χ1n) is 15.5. The van der Waals surface area contributed by atoms with Crippen LogP contribution in [-0.4, -0.2) is 0 Å². The summed E-state index contributed by atoms with van der Waals surface area (Å²) < 4.78 is 10.3. The van der Waals surface area contributed by atoms with Gasteiger partial charge in [0.05, 0.1) is 16.8 Å². The van der Waals surface area contributed by atoms with E-state index in [1.54, 1.807) is 0 Å². The van der Waals surface area contributed by atoms with Gasteiger partial charge in [-0.05, 0) is 83.6 Å². The van der Waals surface area contributed by atoms with Crippen LogP contribution in [-0.2, 0) is 6.54 Å². The van der Waals surface area contributed by atoms with Crippen LogP contribution in [0.1, 0.15) is 10.4 Å². The third-order valence-electron chi connectivity index (χ3n) is 9.14. The number of thiophene rings is 2. The molecule has 6 aromatic carbocycles. The van der Waals surface area contributed by atoms with Crippen molar-refractivity contribution in [1.82, 2.24) is 5.32 Å². The molecule has 0 saturated carbocycles. The molecular weight excluding hydrogens is 601 g/mol. The van der Waals surface area contributed by atoms with Gasteiger partial charge in [-0.2, -0.15) is 0 Å². The predicted molar refractivity (Wildman–Crippen MR) is 198 cm³/mol. The number of rotatable bonds is 4. The van der Waals surface area contributed by atoms with Crippen LogP contribution in [0.25, 0.3) is 69.4 Å². The summed E-state index contributed by atoms with van der Waals surface area (Å²) in [6.07, 6.45) is 4.25. The largest absolute Gasteiger partial charge is 0.456 e. The lowest BCUT2D eigenvalue weighted by Gasteiger charge is -2.27. The van der Waals surface area contributed by atoms with E-state index < -0.39 is 0 Å². The highest BCUT2D eigenvalue weighted by atomic mass is 32.1. The molecule has 1 N–H and O–H groups in total. The van der Waals surface area contributed by atoms with Crippen molar-refractivity contribution in [2.75, 3.05) is 4.90 Å². The van der Waals surface area contributed by atoms with Crippen molar-refractivity contribution in [3.63, 3.8) is 0 Å². The average Bonchev–Trinajstić information content (AvgIpc) is 3.80. The monoisotopic (exact) mass is 626 g/mol.